The number of nitrogens with zero attached hydrogens (tertiary/aromatic N) is 1. The molecule has 2 aromatic rings. The van der Waals surface area contributed by atoms with Gasteiger partial charge in [0.15, 0.2) is 0 Å². The number of methoxy groups -OCH3 is 1. The van der Waals surface area contributed by atoms with Crippen LogP contribution in [-0.2, 0) is 11.2 Å². The minimum Gasteiger partial charge on any atom is -0.495 e. The van der Waals surface area contributed by atoms with Gasteiger partial charge >= 0.3 is 0 Å². The normalized spacial score (nSPS) is 10.7. The lowest BCUT2D eigenvalue weighted by molar-refractivity contribution is -0.112. The molecule has 134 valence electrons. The highest BCUT2D eigenvalue weighted by Crippen LogP contribution is 2.25. The second-order valence-corrected chi connectivity index (χ2v) is 5.87. The number of anilines is 1. The molecular weight excluding hydrogens is 326 g/mol. The van der Waals surface area contributed by atoms with Crippen molar-refractivity contribution in [2.75, 3.05) is 19.0 Å². The molecule has 0 radical (unpaired) electrons. The van der Waals surface area contributed by atoms with Crippen LogP contribution in [0, 0.1) is 18.3 Å². The van der Waals surface area contributed by atoms with Crippen LogP contribution in [0.2, 0.25) is 0 Å². The first-order valence-electron chi connectivity index (χ1n) is 8.47. The Hall–Kier alpha value is -3.26. The first-order chi connectivity index (χ1) is 12.6. The maximum absolute atomic E-state index is 12.3. The van der Waals surface area contributed by atoms with Gasteiger partial charge in [0.2, 0.25) is 0 Å². The summed E-state index contributed by atoms with van der Waals surface area (Å²) in [6, 6.07) is 17.6. The van der Waals surface area contributed by atoms with Gasteiger partial charge in [-0.1, -0.05) is 36.4 Å². The SMILES string of the molecule is COc1ccc(C)cc1NC(=O)/C(C#N)=C\NCCCc1ccccc1. The number of nitrogens with one attached hydrogen (secondary N) is 2. The van der Waals surface area contributed by atoms with Crippen molar-refractivity contribution >= 4 is 11.6 Å². The molecule has 0 fully saturated rings. The Balaban J connectivity index is 1.89. The van der Waals surface area contributed by atoms with Crippen molar-refractivity contribution in [1.29, 1.82) is 5.26 Å². The number of rotatable bonds is 8. The van der Waals surface area contributed by atoms with E-state index in [1.165, 1.54) is 18.9 Å². The third kappa shape index (κ3) is 5.67. The maximum atomic E-state index is 12.3. The zero-order chi connectivity index (χ0) is 18.8. The molecule has 0 saturated heterocycles. The number of hydrogen-bond acceptors (Lipinski definition) is 4. The molecule has 0 heterocycles. The van der Waals surface area contributed by atoms with Crippen LogP contribution in [0.1, 0.15) is 17.5 Å². The van der Waals surface area contributed by atoms with Gasteiger partial charge in [-0.05, 0) is 43.0 Å². The molecule has 0 spiro atoms. The monoisotopic (exact) mass is 349 g/mol. The fourth-order valence-electron chi connectivity index (χ4n) is 2.47. The average molecular weight is 349 g/mol. The standard InChI is InChI=1S/C21H23N3O2/c1-16-10-11-20(26-2)19(13-16)24-21(25)18(14-22)15-23-12-6-9-17-7-4-3-5-8-17/h3-5,7-8,10-11,13,15,23H,6,9,12H2,1-2H3,(H,24,25)/b18-15-. The Labute approximate surface area is 154 Å². The molecule has 0 atom stereocenters. The highest BCUT2D eigenvalue weighted by atomic mass is 16.5. The number of carbonyl (C=O) groups excluding carboxylic acids is 1. The summed E-state index contributed by atoms with van der Waals surface area (Å²) in [6.07, 6.45) is 3.31. The van der Waals surface area contributed by atoms with E-state index in [9.17, 15) is 10.1 Å². The molecule has 0 saturated carbocycles. The van der Waals surface area contributed by atoms with Crippen LogP contribution in [0.5, 0.6) is 5.75 Å². The largest absolute Gasteiger partial charge is 0.495 e. The van der Waals surface area contributed by atoms with Gasteiger partial charge in [0.05, 0.1) is 12.8 Å². The molecule has 2 N–H and O–H groups in total. The van der Waals surface area contributed by atoms with Gasteiger partial charge in [0, 0.05) is 12.7 Å². The van der Waals surface area contributed by atoms with E-state index in [-0.39, 0.29) is 5.57 Å². The molecule has 1 amide bonds. The summed E-state index contributed by atoms with van der Waals surface area (Å²) in [7, 11) is 1.54. The molecule has 0 aliphatic heterocycles. The minimum absolute atomic E-state index is 0.0215. The van der Waals surface area contributed by atoms with Gasteiger partial charge < -0.3 is 15.4 Å². The van der Waals surface area contributed by atoms with Crippen LogP contribution in [0.3, 0.4) is 0 Å². The zero-order valence-corrected chi connectivity index (χ0v) is 15.1. The molecule has 2 rings (SSSR count). The van der Waals surface area contributed by atoms with Crippen LogP contribution in [-0.4, -0.2) is 19.6 Å². The van der Waals surface area contributed by atoms with Gasteiger partial charge in [0.25, 0.3) is 5.91 Å². The van der Waals surface area contributed by atoms with Crippen molar-refractivity contribution in [3.8, 4) is 11.8 Å². The Kier molecular flexibility index (Phi) is 7.26. The summed E-state index contributed by atoms with van der Waals surface area (Å²) >= 11 is 0. The van der Waals surface area contributed by atoms with Crippen LogP contribution >= 0.6 is 0 Å². The zero-order valence-electron chi connectivity index (χ0n) is 15.1. The summed E-state index contributed by atoms with van der Waals surface area (Å²) in [6.45, 7) is 2.60. The van der Waals surface area contributed by atoms with Crippen molar-refractivity contribution < 1.29 is 9.53 Å². The lowest BCUT2D eigenvalue weighted by atomic mass is 10.1. The summed E-state index contributed by atoms with van der Waals surface area (Å²) in [4.78, 5) is 12.3. The molecule has 0 unspecified atom stereocenters. The van der Waals surface area contributed by atoms with E-state index in [2.05, 4.69) is 22.8 Å². The highest BCUT2D eigenvalue weighted by Gasteiger charge is 2.12. The predicted octanol–water partition coefficient (Wildman–Crippen LogP) is 3.57. The quantitative estimate of drug-likeness (QED) is 0.434. The Morgan fingerprint density at radius 1 is 1.23 bits per heavy atom. The van der Waals surface area contributed by atoms with E-state index < -0.39 is 5.91 Å². The number of ether oxygens (including phenoxy) is 1. The third-order valence-electron chi connectivity index (χ3n) is 3.84. The fourth-order valence-corrected chi connectivity index (χ4v) is 2.47. The van der Waals surface area contributed by atoms with E-state index in [4.69, 9.17) is 4.74 Å². The van der Waals surface area contributed by atoms with Crippen molar-refractivity contribution in [1.82, 2.24) is 5.32 Å². The first kappa shape index (κ1) is 19.1. The topological polar surface area (TPSA) is 74.1 Å². The second kappa shape index (κ2) is 9.90. The third-order valence-corrected chi connectivity index (χ3v) is 3.84. The molecule has 0 bridgehead atoms. The summed E-state index contributed by atoms with van der Waals surface area (Å²) in [5, 5.41) is 15.0. The fraction of sp³-hybridized carbons (Fsp3) is 0.238. The first-order valence-corrected chi connectivity index (χ1v) is 8.47. The van der Waals surface area contributed by atoms with Gasteiger partial charge in [-0.15, -0.1) is 0 Å². The van der Waals surface area contributed by atoms with Gasteiger partial charge in [0.1, 0.15) is 17.4 Å². The Bertz CT molecular complexity index is 808. The maximum Gasteiger partial charge on any atom is 0.267 e. The molecule has 0 aliphatic carbocycles. The van der Waals surface area contributed by atoms with E-state index in [0.29, 0.717) is 18.0 Å². The number of carbonyl (C=O) groups is 1. The highest BCUT2D eigenvalue weighted by molar-refractivity contribution is 6.07. The minimum atomic E-state index is -0.466. The van der Waals surface area contributed by atoms with Gasteiger partial charge in [-0.2, -0.15) is 5.26 Å². The molecule has 2 aromatic carbocycles. The Morgan fingerprint density at radius 3 is 2.69 bits per heavy atom. The van der Waals surface area contributed by atoms with E-state index in [0.717, 1.165) is 18.4 Å². The predicted molar refractivity (Wildman–Crippen MR) is 103 cm³/mol. The lowest BCUT2D eigenvalue weighted by Crippen LogP contribution is -2.18. The Morgan fingerprint density at radius 2 is 2.00 bits per heavy atom. The van der Waals surface area contributed by atoms with Crippen molar-refractivity contribution in [2.45, 2.75) is 19.8 Å². The molecular formula is C21H23N3O2. The molecule has 26 heavy (non-hydrogen) atoms. The van der Waals surface area contributed by atoms with Crippen molar-refractivity contribution in [3.63, 3.8) is 0 Å². The van der Waals surface area contributed by atoms with Crippen LogP contribution in [0.15, 0.2) is 60.3 Å². The number of aryl methyl sites for hydroxylation is 2. The lowest BCUT2D eigenvalue weighted by Gasteiger charge is -2.10. The van der Waals surface area contributed by atoms with Crippen LogP contribution in [0.4, 0.5) is 5.69 Å². The molecule has 0 aliphatic rings. The van der Waals surface area contributed by atoms with Crippen LogP contribution < -0.4 is 15.4 Å². The molecule has 0 aromatic heterocycles. The summed E-state index contributed by atoms with van der Waals surface area (Å²) < 4.78 is 5.24. The smallest absolute Gasteiger partial charge is 0.267 e. The number of benzene rings is 2. The summed E-state index contributed by atoms with van der Waals surface area (Å²) in [5.41, 5.74) is 2.82. The van der Waals surface area contributed by atoms with Gasteiger partial charge in [-0.25, -0.2) is 0 Å². The second-order valence-electron chi connectivity index (χ2n) is 5.87. The molecule has 5 nitrogen and oxygen atoms in total. The number of amides is 1. The van der Waals surface area contributed by atoms with E-state index in [1.807, 2.05) is 37.3 Å². The van der Waals surface area contributed by atoms with Crippen molar-refractivity contribution in [3.05, 3.63) is 71.4 Å². The van der Waals surface area contributed by atoms with E-state index >= 15 is 0 Å². The average Bonchev–Trinajstić information content (AvgIpc) is 2.65. The van der Waals surface area contributed by atoms with Crippen molar-refractivity contribution in [2.24, 2.45) is 0 Å². The number of nitriles is 1. The van der Waals surface area contributed by atoms with E-state index in [1.54, 1.807) is 12.1 Å². The van der Waals surface area contributed by atoms with Crippen LogP contribution in [0.25, 0.3) is 0 Å². The van der Waals surface area contributed by atoms with Gasteiger partial charge in [-0.3, -0.25) is 4.79 Å². The molecule has 5 heteroatoms. The number of hydrogen-bond donors (Lipinski definition) is 2. The summed E-state index contributed by atoms with van der Waals surface area (Å²) in [5.74, 6) is 0.0871.